The first-order valence-electron chi connectivity index (χ1n) is 7.09. The fourth-order valence-electron chi connectivity index (χ4n) is 2.19. The van der Waals surface area contributed by atoms with Crippen molar-refractivity contribution in [3.8, 4) is 0 Å². The molecular weight excluding hydrogens is 291 g/mol. The summed E-state index contributed by atoms with van der Waals surface area (Å²) in [6, 6.07) is 0.939. The third kappa shape index (κ3) is 12.0. The van der Waals surface area contributed by atoms with E-state index in [0.717, 1.165) is 18.9 Å². The molecule has 2 N–H and O–H groups in total. The first-order valence-corrected chi connectivity index (χ1v) is 16.4. The van der Waals surface area contributed by atoms with Crippen molar-refractivity contribution in [2.45, 2.75) is 71.0 Å². The highest BCUT2D eigenvalue weighted by molar-refractivity contribution is 6.87. The average Bonchev–Trinajstić information content (AvgIpc) is 2.05. The van der Waals surface area contributed by atoms with Crippen LogP contribution in [0, 0.1) is 0 Å². The summed E-state index contributed by atoms with van der Waals surface area (Å²) < 4.78 is 12.7. The van der Waals surface area contributed by atoms with Crippen LogP contribution in [0.1, 0.15) is 12.8 Å². The predicted octanol–water partition coefficient (Wildman–Crippen LogP) is 3.01. The lowest BCUT2D eigenvalue weighted by Gasteiger charge is -2.38. The van der Waals surface area contributed by atoms with Crippen LogP contribution in [0.2, 0.25) is 58.2 Å². The van der Waals surface area contributed by atoms with Crippen molar-refractivity contribution in [1.29, 1.82) is 0 Å². The van der Waals surface area contributed by atoms with Crippen molar-refractivity contribution < 1.29 is 18.3 Å². The minimum absolute atomic E-state index is 0.435. The second-order valence-corrected chi connectivity index (χ2v) is 20.1. The van der Waals surface area contributed by atoms with Crippen LogP contribution in [0.3, 0.4) is 0 Å². The van der Waals surface area contributed by atoms with Crippen molar-refractivity contribution in [3.05, 3.63) is 0 Å². The molecule has 0 bridgehead atoms. The highest BCUT2D eigenvalue weighted by Gasteiger charge is 2.39. The lowest BCUT2D eigenvalue weighted by atomic mass is 9.84. The van der Waals surface area contributed by atoms with Gasteiger partial charge in [0.1, 0.15) is 0 Å². The molecule has 0 aromatic heterocycles. The molecule has 0 unspecified atom stereocenters. The summed E-state index contributed by atoms with van der Waals surface area (Å²) in [4.78, 5) is 0. The zero-order chi connectivity index (χ0) is 15.3. The van der Waals surface area contributed by atoms with Crippen LogP contribution >= 0.6 is 0 Å². The minimum Gasteiger partial charge on any atom is -0.437 e. The highest BCUT2D eigenvalue weighted by atomic mass is 28.5. The molecule has 0 aromatic rings. The van der Waals surface area contributed by atoms with E-state index in [1.807, 2.05) is 0 Å². The molecule has 0 amide bonds. The van der Waals surface area contributed by atoms with Crippen LogP contribution < -0.4 is 0 Å². The average molecular weight is 322 g/mol. The molecule has 8 heteroatoms. The Morgan fingerprint density at radius 2 is 1.21 bits per heavy atom. The van der Waals surface area contributed by atoms with Gasteiger partial charge >= 0.3 is 15.7 Å². The summed E-state index contributed by atoms with van der Waals surface area (Å²) in [5.41, 5.74) is 0. The number of unbranched alkanes of at least 4 members (excludes halogenated alkanes) is 1. The van der Waals surface area contributed by atoms with Gasteiger partial charge in [0.15, 0.2) is 16.6 Å². The van der Waals surface area contributed by atoms with Gasteiger partial charge in [0.05, 0.1) is 0 Å². The molecule has 4 nitrogen and oxygen atoms in total. The Kier molecular flexibility index (Phi) is 7.75. The number of hydrogen-bond acceptors (Lipinski definition) is 4. The van der Waals surface area contributed by atoms with Gasteiger partial charge in [-0.3, -0.25) is 0 Å². The monoisotopic (exact) mass is 322 g/mol. The zero-order valence-corrected chi connectivity index (χ0v) is 16.6. The molecular formula is C11H31BO4Si3. The lowest BCUT2D eigenvalue weighted by molar-refractivity contribution is 0.377. The van der Waals surface area contributed by atoms with Gasteiger partial charge in [-0.05, 0) is 58.2 Å². The lowest BCUT2D eigenvalue weighted by Crippen LogP contribution is -2.52. The second kappa shape index (κ2) is 7.53. The second-order valence-electron chi connectivity index (χ2n) is 7.29. The molecule has 0 atom stereocenters. The fourth-order valence-corrected chi connectivity index (χ4v) is 14.8. The van der Waals surface area contributed by atoms with E-state index in [-0.39, 0.29) is 0 Å². The summed E-state index contributed by atoms with van der Waals surface area (Å²) >= 11 is 0. The van der Waals surface area contributed by atoms with Gasteiger partial charge in [0, 0.05) is 0 Å². The molecule has 114 valence electrons. The smallest absolute Gasteiger partial charge is 0.437 e. The maximum absolute atomic E-state index is 8.87. The molecule has 0 aliphatic rings. The molecule has 0 heterocycles. The Morgan fingerprint density at radius 1 is 0.789 bits per heavy atom. The van der Waals surface area contributed by atoms with Crippen molar-refractivity contribution in [2.75, 3.05) is 0 Å². The predicted molar refractivity (Wildman–Crippen MR) is 89.5 cm³/mol. The van der Waals surface area contributed by atoms with E-state index in [9.17, 15) is 0 Å². The molecule has 0 fully saturated rings. The Labute approximate surface area is 122 Å². The van der Waals surface area contributed by atoms with E-state index in [2.05, 4.69) is 45.8 Å². The maximum Gasteiger partial charge on any atom is 0.451 e. The van der Waals surface area contributed by atoms with E-state index in [0.29, 0.717) is 6.32 Å². The van der Waals surface area contributed by atoms with Crippen molar-refractivity contribution in [2.24, 2.45) is 0 Å². The first kappa shape index (κ1) is 19.6. The highest BCUT2D eigenvalue weighted by Crippen LogP contribution is 2.26. The number of rotatable bonds is 9. The minimum atomic E-state index is -2.13. The van der Waals surface area contributed by atoms with Gasteiger partial charge < -0.3 is 18.3 Å². The van der Waals surface area contributed by atoms with Gasteiger partial charge in [-0.15, -0.1) is 0 Å². The fraction of sp³-hybridized carbons (Fsp3) is 1.00. The van der Waals surface area contributed by atoms with E-state index in [1.54, 1.807) is 0 Å². The van der Waals surface area contributed by atoms with E-state index >= 15 is 0 Å². The normalized spacial score (nSPS) is 13.7. The van der Waals surface area contributed by atoms with Crippen molar-refractivity contribution in [1.82, 2.24) is 0 Å². The standard InChI is InChI=1S/C11H31BO4Si3/c1-17(2,3)15-19(7,16-18(4,5)6)11-9-8-10-12(13)14/h13-14H,8-11H2,1-7H3. The Morgan fingerprint density at radius 3 is 1.53 bits per heavy atom. The molecule has 19 heavy (non-hydrogen) atoms. The van der Waals surface area contributed by atoms with Crippen LogP contribution in [0.5, 0.6) is 0 Å². The molecule has 0 saturated heterocycles. The summed E-state index contributed by atoms with van der Waals surface area (Å²) in [6.07, 6.45) is 2.18. The van der Waals surface area contributed by atoms with Gasteiger partial charge in [0.25, 0.3) is 0 Å². The first-order chi connectivity index (χ1) is 8.33. The molecule has 0 aliphatic heterocycles. The molecule has 0 saturated carbocycles. The maximum atomic E-state index is 8.87. The van der Waals surface area contributed by atoms with E-state index in [1.165, 1.54) is 0 Å². The van der Waals surface area contributed by atoms with Crippen LogP contribution in [0.4, 0.5) is 0 Å². The molecule has 0 spiro atoms. The molecule has 0 aromatic carbocycles. The molecule has 0 radical (unpaired) electrons. The van der Waals surface area contributed by atoms with Gasteiger partial charge in [-0.25, -0.2) is 0 Å². The number of hydrogen-bond donors (Lipinski definition) is 2. The molecule has 0 aliphatic carbocycles. The van der Waals surface area contributed by atoms with Crippen LogP contribution in [0.15, 0.2) is 0 Å². The quantitative estimate of drug-likeness (QED) is 0.506. The third-order valence-electron chi connectivity index (χ3n) is 2.39. The van der Waals surface area contributed by atoms with Gasteiger partial charge in [-0.1, -0.05) is 12.8 Å². The SMILES string of the molecule is C[Si](C)(C)O[Si](C)(CCCCB(O)O)O[Si](C)(C)C. The van der Waals surface area contributed by atoms with Crippen LogP contribution in [-0.4, -0.2) is 42.4 Å². The van der Waals surface area contributed by atoms with E-state index in [4.69, 9.17) is 18.3 Å². The van der Waals surface area contributed by atoms with Crippen LogP contribution in [0.25, 0.3) is 0 Å². The molecule has 0 rings (SSSR count). The Bertz CT molecular complexity index is 248. The van der Waals surface area contributed by atoms with Crippen molar-refractivity contribution in [3.63, 3.8) is 0 Å². The Balaban J connectivity index is 4.50. The van der Waals surface area contributed by atoms with Crippen LogP contribution in [-0.2, 0) is 8.23 Å². The third-order valence-corrected chi connectivity index (χ3v) is 12.0. The summed E-state index contributed by atoms with van der Waals surface area (Å²) in [5.74, 6) is 0. The van der Waals surface area contributed by atoms with E-state index < -0.39 is 32.3 Å². The summed E-state index contributed by atoms with van der Waals surface area (Å²) in [7, 11) is -6.55. The zero-order valence-electron chi connectivity index (χ0n) is 13.6. The van der Waals surface area contributed by atoms with Crippen molar-refractivity contribution >= 4 is 32.3 Å². The van der Waals surface area contributed by atoms with Gasteiger partial charge in [0.2, 0.25) is 0 Å². The summed E-state index contributed by atoms with van der Waals surface area (Å²) in [5, 5.41) is 17.7. The largest absolute Gasteiger partial charge is 0.451 e. The summed E-state index contributed by atoms with van der Waals surface area (Å²) in [6.45, 7) is 15.4. The van der Waals surface area contributed by atoms with Gasteiger partial charge in [-0.2, -0.15) is 0 Å². The topological polar surface area (TPSA) is 58.9 Å². The Hall–Kier alpha value is 0.556.